The van der Waals surface area contributed by atoms with Gasteiger partial charge in [-0.15, -0.1) is 24.0 Å². The predicted octanol–water partition coefficient (Wildman–Crippen LogP) is 4.01. The summed E-state index contributed by atoms with van der Waals surface area (Å²) in [4.78, 5) is 4.36. The molecule has 0 saturated heterocycles. The molecule has 0 atom stereocenters. The Morgan fingerprint density at radius 2 is 2.04 bits per heavy atom. The fourth-order valence-electron chi connectivity index (χ4n) is 3.34. The molecule has 5 nitrogen and oxygen atoms in total. The highest BCUT2D eigenvalue weighted by molar-refractivity contribution is 14.0. The number of hydrogen-bond acceptors (Lipinski definition) is 3. The number of ether oxygens (including phenoxy) is 2. The summed E-state index contributed by atoms with van der Waals surface area (Å²) < 4.78 is 11.0. The van der Waals surface area contributed by atoms with Gasteiger partial charge < -0.3 is 20.1 Å². The van der Waals surface area contributed by atoms with Crippen molar-refractivity contribution >= 4 is 29.9 Å². The normalized spacial score (nSPS) is 15.4. The van der Waals surface area contributed by atoms with Crippen LogP contribution in [0.5, 0.6) is 5.75 Å². The number of nitrogens with zero attached hydrogens (tertiary/aromatic N) is 1. The summed E-state index contributed by atoms with van der Waals surface area (Å²) in [5.41, 5.74) is 1.66. The van der Waals surface area contributed by atoms with Gasteiger partial charge in [-0.3, -0.25) is 4.99 Å². The van der Waals surface area contributed by atoms with Crippen LogP contribution in [0.3, 0.4) is 0 Å². The van der Waals surface area contributed by atoms with Crippen LogP contribution in [0.4, 0.5) is 0 Å². The first kappa shape index (κ1) is 24.0. The Morgan fingerprint density at radius 1 is 1.22 bits per heavy atom. The van der Waals surface area contributed by atoms with Crippen LogP contribution in [0.25, 0.3) is 0 Å². The summed E-state index contributed by atoms with van der Waals surface area (Å²) in [5, 5.41) is 6.93. The number of nitrogens with one attached hydrogen (secondary N) is 2. The molecule has 0 aromatic heterocycles. The van der Waals surface area contributed by atoms with Gasteiger partial charge in [-0.1, -0.05) is 25.5 Å². The molecule has 0 amide bonds. The molecule has 1 fully saturated rings. The van der Waals surface area contributed by atoms with Crippen molar-refractivity contribution in [3.05, 3.63) is 29.8 Å². The maximum absolute atomic E-state index is 5.70. The van der Waals surface area contributed by atoms with Crippen molar-refractivity contribution in [1.82, 2.24) is 10.6 Å². The summed E-state index contributed by atoms with van der Waals surface area (Å²) in [6, 6.07) is 8.35. The molecule has 0 unspecified atom stereocenters. The second-order valence-corrected chi connectivity index (χ2v) is 7.19. The Labute approximate surface area is 181 Å². The molecule has 2 N–H and O–H groups in total. The first-order valence-corrected chi connectivity index (χ1v) is 9.86. The lowest BCUT2D eigenvalue weighted by molar-refractivity contribution is 0.0732. The fourth-order valence-corrected chi connectivity index (χ4v) is 3.34. The minimum Gasteiger partial charge on any atom is -0.494 e. The molecule has 1 saturated carbocycles. The van der Waals surface area contributed by atoms with E-state index in [9.17, 15) is 0 Å². The molecule has 1 aliphatic rings. The summed E-state index contributed by atoms with van der Waals surface area (Å²) in [6.07, 6.45) is 6.99. The Bertz CT molecular complexity index is 562. The maximum atomic E-state index is 5.70. The minimum atomic E-state index is 0. The zero-order chi connectivity index (χ0) is 18.7. The fraction of sp³-hybridized carbons (Fsp3) is 0.667. The van der Waals surface area contributed by atoms with Crippen LogP contribution < -0.4 is 15.4 Å². The van der Waals surface area contributed by atoms with E-state index in [-0.39, 0.29) is 24.0 Å². The van der Waals surface area contributed by atoms with Gasteiger partial charge in [-0.05, 0) is 55.2 Å². The largest absolute Gasteiger partial charge is 0.494 e. The van der Waals surface area contributed by atoms with E-state index < -0.39 is 0 Å². The molecule has 154 valence electrons. The highest BCUT2D eigenvalue weighted by Gasteiger charge is 2.36. The summed E-state index contributed by atoms with van der Waals surface area (Å²) in [6.45, 7) is 5.54. The summed E-state index contributed by atoms with van der Waals surface area (Å²) >= 11 is 0. The van der Waals surface area contributed by atoms with E-state index in [0.717, 1.165) is 57.3 Å². The molecule has 1 aromatic carbocycles. The number of benzene rings is 1. The summed E-state index contributed by atoms with van der Waals surface area (Å²) in [5.74, 6) is 1.84. The average molecular weight is 489 g/mol. The van der Waals surface area contributed by atoms with Crippen molar-refractivity contribution < 1.29 is 9.47 Å². The van der Waals surface area contributed by atoms with E-state index in [1.807, 2.05) is 13.1 Å². The Balaban J connectivity index is 0.00000364. The minimum absolute atomic E-state index is 0. The van der Waals surface area contributed by atoms with Gasteiger partial charge in [0.15, 0.2) is 5.96 Å². The highest BCUT2D eigenvalue weighted by Crippen LogP contribution is 2.43. The third-order valence-electron chi connectivity index (χ3n) is 5.18. The van der Waals surface area contributed by atoms with Crippen LogP contribution in [0.2, 0.25) is 0 Å². The highest BCUT2D eigenvalue weighted by atomic mass is 127. The van der Waals surface area contributed by atoms with Crippen LogP contribution in [0.15, 0.2) is 29.3 Å². The lowest BCUT2D eigenvalue weighted by atomic mass is 9.67. The van der Waals surface area contributed by atoms with Gasteiger partial charge in [-0.25, -0.2) is 0 Å². The third-order valence-corrected chi connectivity index (χ3v) is 5.18. The number of guanidine groups is 1. The van der Waals surface area contributed by atoms with E-state index in [1.54, 1.807) is 7.11 Å². The molecule has 0 aliphatic heterocycles. The van der Waals surface area contributed by atoms with Gasteiger partial charge in [0.25, 0.3) is 0 Å². The quantitative estimate of drug-likeness (QED) is 0.280. The Kier molecular flexibility index (Phi) is 11.7. The predicted molar refractivity (Wildman–Crippen MR) is 123 cm³/mol. The van der Waals surface area contributed by atoms with E-state index >= 15 is 0 Å². The second-order valence-electron chi connectivity index (χ2n) is 7.19. The smallest absolute Gasteiger partial charge is 0.191 e. The van der Waals surface area contributed by atoms with Crippen LogP contribution in [0.1, 0.15) is 44.6 Å². The van der Waals surface area contributed by atoms with Crippen molar-refractivity contribution in [2.45, 2.75) is 45.4 Å². The first-order chi connectivity index (χ1) is 12.7. The Morgan fingerprint density at radius 3 is 2.67 bits per heavy atom. The van der Waals surface area contributed by atoms with Gasteiger partial charge in [0, 0.05) is 33.9 Å². The maximum Gasteiger partial charge on any atom is 0.191 e. The zero-order valence-electron chi connectivity index (χ0n) is 17.1. The molecule has 2 rings (SSSR count). The van der Waals surface area contributed by atoms with Gasteiger partial charge in [-0.2, -0.15) is 0 Å². The average Bonchev–Trinajstić information content (AvgIpc) is 2.64. The number of methoxy groups -OCH3 is 1. The van der Waals surface area contributed by atoms with Gasteiger partial charge in [0.1, 0.15) is 5.75 Å². The van der Waals surface area contributed by atoms with Gasteiger partial charge in [0.2, 0.25) is 0 Å². The lowest BCUT2D eigenvalue weighted by Gasteiger charge is -2.42. The molecule has 0 spiro atoms. The molecular weight excluding hydrogens is 453 g/mol. The molecule has 0 radical (unpaired) electrons. The first-order valence-electron chi connectivity index (χ1n) is 9.86. The summed E-state index contributed by atoms with van der Waals surface area (Å²) in [7, 11) is 3.61. The zero-order valence-corrected chi connectivity index (χ0v) is 19.4. The lowest BCUT2D eigenvalue weighted by Crippen LogP contribution is -2.47. The van der Waals surface area contributed by atoms with Crippen molar-refractivity contribution in [2.75, 3.05) is 40.5 Å². The van der Waals surface area contributed by atoms with E-state index in [4.69, 9.17) is 9.47 Å². The molecule has 1 aliphatic carbocycles. The van der Waals surface area contributed by atoms with E-state index in [2.05, 4.69) is 40.7 Å². The number of halogens is 1. The van der Waals surface area contributed by atoms with Crippen LogP contribution >= 0.6 is 24.0 Å². The topological polar surface area (TPSA) is 54.9 Å². The molecule has 6 heteroatoms. The number of rotatable bonds is 11. The molecule has 0 bridgehead atoms. The molecule has 27 heavy (non-hydrogen) atoms. The van der Waals surface area contributed by atoms with Crippen molar-refractivity contribution in [3.8, 4) is 5.75 Å². The molecule has 1 aromatic rings. The molecule has 0 heterocycles. The van der Waals surface area contributed by atoms with Crippen LogP contribution in [0, 0.1) is 5.41 Å². The van der Waals surface area contributed by atoms with Crippen LogP contribution in [-0.4, -0.2) is 46.4 Å². The van der Waals surface area contributed by atoms with Crippen LogP contribution in [-0.2, 0) is 11.2 Å². The standard InChI is InChI=1S/C21H35N3O2.HI/c1-4-14-26-19-8-5-7-18(16-19)9-13-23-20(22-2)24-17-21(10-6-11-21)12-15-25-3;/h5,7-8,16H,4,6,9-15,17H2,1-3H3,(H2,22,23,24);1H. The SMILES string of the molecule is CCCOc1cccc(CCNC(=NC)NCC2(CCOC)CCC2)c1.I. The van der Waals surface area contributed by atoms with E-state index in [0.29, 0.717) is 5.41 Å². The number of hydrogen-bond donors (Lipinski definition) is 2. The third kappa shape index (κ3) is 8.25. The van der Waals surface area contributed by atoms with Crippen molar-refractivity contribution in [2.24, 2.45) is 10.4 Å². The van der Waals surface area contributed by atoms with Crippen molar-refractivity contribution in [3.63, 3.8) is 0 Å². The van der Waals surface area contributed by atoms with Gasteiger partial charge in [0.05, 0.1) is 6.61 Å². The Hall–Kier alpha value is -1.02. The second kappa shape index (κ2) is 13.2. The van der Waals surface area contributed by atoms with E-state index in [1.165, 1.54) is 24.8 Å². The monoisotopic (exact) mass is 489 g/mol. The van der Waals surface area contributed by atoms with Crippen molar-refractivity contribution in [1.29, 1.82) is 0 Å². The van der Waals surface area contributed by atoms with Gasteiger partial charge >= 0.3 is 0 Å². The number of aliphatic imine (C=N–C) groups is 1. The molecular formula is C21H36IN3O2.